The zero-order valence-corrected chi connectivity index (χ0v) is 10.7. The van der Waals surface area contributed by atoms with Gasteiger partial charge in [-0.3, -0.25) is 4.79 Å². The number of carbonyl (C=O) groups is 1. The van der Waals surface area contributed by atoms with Crippen molar-refractivity contribution in [1.29, 1.82) is 0 Å². The van der Waals surface area contributed by atoms with Crippen molar-refractivity contribution in [3.63, 3.8) is 0 Å². The van der Waals surface area contributed by atoms with Crippen molar-refractivity contribution in [2.45, 2.75) is 6.10 Å². The number of rotatable bonds is 0. The van der Waals surface area contributed by atoms with Crippen LogP contribution in [0.1, 0.15) is 33.2 Å². The summed E-state index contributed by atoms with van der Waals surface area (Å²) in [5.41, 5.74) is 1.74. The zero-order valence-electron chi connectivity index (χ0n) is 9.15. The molecule has 0 fully saturated rings. The van der Waals surface area contributed by atoms with Gasteiger partial charge in [-0.2, -0.15) is 0 Å². The van der Waals surface area contributed by atoms with E-state index in [9.17, 15) is 9.90 Å². The maximum absolute atomic E-state index is 12.3. The summed E-state index contributed by atoms with van der Waals surface area (Å²) in [6.45, 7) is 0. The van der Waals surface area contributed by atoms with Gasteiger partial charge in [0, 0.05) is 32.3 Å². The Bertz CT molecular complexity index is 609. The van der Waals surface area contributed by atoms with E-state index in [-0.39, 0.29) is 5.78 Å². The lowest BCUT2D eigenvalue weighted by atomic mass is 9.83. The van der Waals surface area contributed by atoms with Crippen LogP contribution >= 0.6 is 23.2 Å². The number of carbonyl (C=O) groups excluding carboxylic acids is 1. The van der Waals surface area contributed by atoms with Gasteiger partial charge in [-0.1, -0.05) is 47.5 Å². The number of hydrogen-bond donors (Lipinski definition) is 1. The predicted octanol–water partition coefficient (Wildman–Crippen LogP) is 3.62. The van der Waals surface area contributed by atoms with Crippen LogP contribution in [0, 0.1) is 0 Å². The molecule has 1 aliphatic carbocycles. The molecule has 0 unspecified atom stereocenters. The van der Waals surface area contributed by atoms with Crippen LogP contribution in [0.5, 0.6) is 0 Å². The summed E-state index contributed by atoms with van der Waals surface area (Å²) in [6, 6.07) is 10.0. The molecule has 0 amide bonds. The van der Waals surface area contributed by atoms with Crippen molar-refractivity contribution in [3.8, 4) is 0 Å². The Morgan fingerprint density at radius 3 is 1.78 bits per heavy atom. The number of benzene rings is 2. The third-order valence-electron chi connectivity index (χ3n) is 3.14. The molecular weight excluding hydrogens is 271 g/mol. The number of ketones is 1. The van der Waals surface area contributed by atoms with Crippen LogP contribution in [0.25, 0.3) is 0 Å². The lowest BCUT2D eigenvalue weighted by Gasteiger charge is -2.25. The van der Waals surface area contributed by atoms with E-state index in [0.29, 0.717) is 32.3 Å². The summed E-state index contributed by atoms with van der Waals surface area (Å²) in [6.07, 6.45) is -0.963. The highest BCUT2D eigenvalue weighted by Crippen LogP contribution is 2.41. The van der Waals surface area contributed by atoms with Crippen LogP contribution in [-0.2, 0) is 0 Å². The molecule has 1 N–H and O–H groups in total. The molecule has 90 valence electrons. The van der Waals surface area contributed by atoms with Crippen LogP contribution in [0.3, 0.4) is 0 Å². The SMILES string of the molecule is O=C1c2cccc(Cl)c2C(O)c2c(Cl)cccc21. The average molecular weight is 279 g/mol. The molecule has 0 heterocycles. The molecule has 0 atom stereocenters. The van der Waals surface area contributed by atoms with E-state index < -0.39 is 6.10 Å². The highest BCUT2D eigenvalue weighted by molar-refractivity contribution is 6.34. The third kappa shape index (κ3) is 1.50. The van der Waals surface area contributed by atoms with Gasteiger partial charge in [0.15, 0.2) is 5.78 Å². The fourth-order valence-electron chi connectivity index (χ4n) is 2.32. The van der Waals surface area contributed by atoms with Crippen molar-refractivity contribution in [3.05, 3.63) is 68.7 Å². The van der Waals surface area contributed by atoms with E-state index in [1.165, 1.54) is 0 Å². The van der Waals surface area contributed by atoms with E-state index in [1.54, 1.807) is 36.4 Å². The number of aliphatic hydroxyl groups excluding tert-OH is 1. The smallest absolute Gasteiger partial charge is 0.193 e. The number of hydrogen-bond acceptors (Lipinski definition) is 2. The molecule has 0 saturated heterocycles. The molecular formula is C14H8Cl2O2. The molecule has 2 nitrogen and oxygen atoms in total. The monoisotopic (exact) mass is 278 g/mol. The summed E-state index contributed by atoms with van der Waals surface area (Å²) >= 11 is 12.1. The van der Waals surface area contributed by atoms with Crippen LogP contribution in [0.2, 0.25) is 10.0 Å². The van der Waals surface area contributed by atoms with Gasteiger partial charge in [-0.05, 0) is 12.1 Å². The number of halogens is 2. The Hall–Kier alpha value is -1.35. The number of fused-ring (bicyclic) bond motifs is 2. The molecule has 0 saturated carbocycles. The van der Waals surface area contributed by atoms with Crippen molar-refractivity contribution in [2.75, 3.05) is 0 Å². The Kier molecular flexibility index (Phi) is 2.67. The molecule has 2 aromatic carbocycles. The van der Waals surface area contributed by atoms with E-state index in [2.05, 4.69) is 0 Å². The van der Waals surface area contributed by atoms with Crippen molar-refractivity contribution in [1.82, 2.24) is 0 Å². The first-order chi connectivity index (χ1) is 8.61. The standard InChI is InChI=1S/C14H8Cl2O2/c15-9-5-1-3-7-11(9)14(18)12-8(13(7)17)4-2-6-10(12)16/h1-6,14,18H. The fraction of sp³-hybridized carbons (Fsp3) is 0.0714. The summed E-state index contributed by atoms with van der Waals surface area (Å²) in [4.78, 5) is 12.3. The summed E-state index contributed by atoms with van der Waals surface area (Å²) in [7, 11) is 0. The molecule has 3 rings (SSSR count). The highest BCUT2D eigenvalue weighted by Gasteiger charge is 2.32. The highest BCUT2D eigenvalue weighted by atomic mass is 35.5. The second kappa shape index (κ2) is 4.09. The molecule has 18 heavy (non-hydrogen) atoms. The Morgan fingerprint density at radius 1 is 0.889 bits per heavy atom. The minimum Gasteiger partial charge on any atom is -0.383 e. The van der Waals surface area contributed by atoms with Crippen molar-refractivity contribution >= 4 is 29.0 Å². The van der Waals surface area contributed by atoms with Crippen LogP contribution in [0.15, 0.2) is 36.4 Å². The quantitative estimate of drug-likeness (QED) is 0.799. The summed E-state index contributed by atoms with van der Waals surface area (Å²) in [5, 5.41) is 11.1. The van der Waals surface area contributed by atoms with Crippen LogP contribution < -0.4 is 0 Å². The fourth-order valence-corrected chi connectivity index (χ4v) is 2.87. The second-order valence-electron chi connectivity index (χ2n) is 4.13. The first kappa shape index (κ1) is 11.7. The van der Waals surface area contributed by atoms with Gasteiger partial charge in [0.25, 0.3) is 0 Å². The lowest BCUT2D eigenvalue weighted by molar-refractivity contribution is 0.101. The van der Waals surface area contributed by atoms with Crippen molar-refractivity contribution in [2.24, 2.45) is 0 Å². The summed E-state index contributed by atoms with van der Waals surface area (Å²) < 4.78 is 0. The average Bonchev–Trinajstić information content (AvgIpc) is 2.35. The molecule has 1 aliphatic rings. The van der Waals surface area contributed by atoms with Gasteiger partial charge >= 0.3 is 0 Å². The normalized spacial score (nSPS) is 14.3. The zero-order chi connectivity index (χ0) is 12.9. The van der Waals surface area contributed by atoms with Gasteiger partial charge in [-0.25, -0.2) is 0 Å². The first-order valence-electron chi connectivity index (χ1n) is 5.41. The lowest BCUT2D eigenvalue weighted by Crippen LogP contribution is -2.20. The minimum atomic E-state index is -0.963. The van der Waals surface area contributed by atoms with Gasteiger partial charge in [-0.15, -0.1) is 0 Å². The van der Waals surface area contributed by atoms with E-state index in [1.807, 2.05) is 0 Å². The molecule has 4 heteroatoms. The van der Waals surface area contributed by atoms with Gasteiger partial charge < -0.3 is 5.11 Å². The van der Waals surface area contributed by atoms with Crippen molar-refractivity contribution < 1.29 is 9.90 Å². The summed E-state index contributed by atoms with van der Waals surface area (Å²) in [5.74, 6) is -0.157. The Morgan fingerprint density at radius 2 is 1.33 bits per heavy atom. The van der Waals surface area contributed by atoms with Crippen LogP contribution in [0.4, 0.5) is 0 Å². The van der Waals surface area contributed by atoms with Gasteiger partial charge in [0.1, 0.15) is 6.10 Å². The third-order valence-corrected chi connectivity index (χ3v) is 3.80. The minimum absolute atomic E-state index is 0.157. The molecule has 2 aromatic rings. The predicted molar refractivity (Wildman–Crippen MR) is 70.4 cm³/mol. The largest absolute Gasteiger partial charge is 0.383 e. The molecule has 0 spiro atoms. The maximum Gasteiger partial charge on any atom is 0.193 e. The first-order valence-corrected chi connectivity index (χ1v) is 6.16. The van der Waals surface area contributed by atoms with E-state index >= 15 is 0 Å². The molecule has 0 radical (unpaired) electrons. The van der Waals surface area contributed by atoms with Gasteiger partial charge in [0.05, 0.1) is 0 Å². The Labute approximate surface area is 114 Å². The van der Waals surface area contributed by atoms with E-state index in [0.717, 1.165) is 0 Å². The molecule has 0 aromatic heterocycles. The molecule has 0 bridgehead atoms. The van der Waals surface area contributed by atoms with Gasteiger partial charge in [0.2, 0.25) is 0 Å². The molecule has 0 aliphatic heterocycles. The van der Waals surface area contributed by atoms with Crippen LogP contribution in [-0.4, -0.2) is 10.9 Å². The van der Waals surface area contributed by atoms with E-state index in [4.69, 9.17) is 23.2 Å². The number of aliphatic hydroxyl groups is 1. The second-order valence-corrected chi connectivity index (χ2v) is 4.95. The topological polar surface area (TPSA) is 37.3 Å². The maximum atomic E-state index is 12.3. The Balaban J connectivity index is 2.36.